The van der Waals surface area contributed by atoms with Gasteiger partial charge in [-0.1, -0.05) is 0 Å². The zero-order chi connectivity index (χ0) is 15.4. The van der Waals surface area contributed by atoms with Gasteiger partial charge in [-0.15, -0.1) is 0 Å². The van der Waals surface area contributed by atoms with E-state index in [4.69, 9.17) is 4.74 Å². The van der Waals surface area contributed by atoms with Crippen molar-refractivity contribution >= 4 is 5.91 Å². The van der Waals surface area contributed by atoms with Crippen LogP contribution in [0.4, 0.5) is 22.0 Å². The van der Waals surface area contributed by atoms with Gasteiger partial charge < -0.3 is 9.64 Å². The number of carbonyl (C=O) groups excluding carboxylic acids is 1. The Morgan fingerprint density at radius 2 is 1.75 bits per heavy atom. The molecule has 1 rings (SSSR count). The summed E-state index contributed by atoms with van der Waals surface area (Å²) in [5, 5.41) is 0. The van der Waals surface area contributed by atoms with E-state index in [1.54, 1.807) is 0 Å². The number of ether oxygens (including phenoxy) is 1. The van der Waals surface area contributed by atoms with Crippen molar-refractivity contribution in [3.05, 3.63) is 0 Å². The second-order valence-corrected chi connectivity index (χ2v) is 4.55. The summed E-state index contributed by atoms with van der Waals surface area (Å²) in [6.07, 6.45) is -5.50. The lowest BCUT2D eigenvalue weighted by Gasteiger charge is -2.27. The van der Waals surface area contributed by atoms with Crippen molar-refractivity contribution in [1.29, 1.82) is 0 Å². The summed E-state index contributed by atoms with van der Waals surface area (Å²) < 4.78 is 67.3. The standard InChI is InChI=1S/C11H17F5N2O2/c1-20-8-7-17-3-2-4-18(6-5-17)9(19)10(12,13)11(14,15)16/h2-8H2,1H3. The lowest BCUT2D eigenvalue weighted by atomic mass is 10.2. The van der Waals surface area contributed by atoms with Crippen LogP contribution in [0, 0.1) is 0 Å². The molecule has 0 N–H and O–H groups in total. The van der Waals surface area contributed by atoms with Gasteiger partial charge in [-0.3, -0.25) is 9.69 Å². The first-order chi connectivity index (χ1) is 9.20. The number of carbonyl (C=O) groups is 1. The summed E-state index contributed by atoms with van der Waals surface area (Å²) in [6, 6.07) is 0. The molecular formula is C11H17F5N2O2. The van der Waals surface area contributed by atoms with E-state index in [9.17, 15) is 26.7 Å². The highest BCUT2D eigenvalue weighted by molar-refractivity contribution is 5.84. The van der Waals surface area contributed by atoms with E-state index in [0.29, 0.717) is 31.0 Å². The summed E-state index contributed by atoms with van der Waals surface area (Å²) in [7, 11) is 1.51. The predicted octanol–water partition coefficient (Wildman–Crippen LogP) is 1.36. The number of nitrogens with zero attached hydrogens (tertiary/aromatic N) is 2. The molecule has 0 unspecified atom stereocenters. The van der Waals surface area contributed by atoms with Crippen LogP contribution in [0.2, 0.25) is 0 Å². The van der Waals surface area contributed by atoms with E-state index in [2.05, 4.69) is 0 Å². The normalized spacial score (nSPS) is 19.0. The van der Waals surface area contributed by atoms with Crippen LogP contribution in [0.1, 0.15) is 6.42 Å². The first kappa shape index (κ1) is 17.1. The Hall–Kier alpha value is -0.960. The van der Waals surface area contributed by atoms with Crippen molar-refractivity contribution in [3.63, 3.8) is 0 Å². The molecule has 0 aromatic heterocycles. The lowest BCUT2D eigenvalue weighted by molar-refractivity contribution is -0.274. The molecule has 1 heterocycles. The molecule has 1 saturated heterocycles. The third-order valence-electron chi connectivity index (χ3n) is 3.11. The Morgan fingerprint density at radius 1 is 1.10 bits per heavy atom. The monoisotopic (exact) mass is 304 g/mol. The molecule has 0 aliphatic carbocycles. The molecule has 118 valence electrons. The molecule has 1 aliphatic rings. The Balaban J connectivity index is 2.63. The molecule has 4 nitrogen and oxygen atoms in total. The highest BCUT2D eigenvalue weighted by Gasteiger charge is 2.64. The van der Waals surface area contributed by atoms with Gasteiger partial charge in [0.1, 0.15) is 0 Å². The maximum atomic E-state index is 13.0. The Bertz CT molecular complexity index is 335. The zero-order valence-corrected chi connectivity index (χ0v) is 11.1. The number of amides is 1. The van der Waals surface area contributed by atoms with Gasteiger partial charge in [-0.05, 0) is 13.0 Å². The third-order valence-corrected chi connectivity index (χ3v) is 3.11. The largest absolute Gasteiger partial charge is 0.463 e. The molecule has 0 aromatic carbocycles. The van der Waals surface area contributed by atoms with Crippen molar-refractivity contribution in [2.75, 3.05) is 46.4 Å². The van der Waals surface area contributed by atoms with Gasteiger partial charge in [0.05, 0.1) is 6.61 Å². The molecule has 1 fully saturated rings. The Labute approximate surface area is 113 Å². The first-order valence-electron chi connectivity index (χ1n) is 6.15. The van der Waals surface area contributed by atoms with E-state index in [1.807, 2.05) is 4.90 Å². The van der Waals surface area contributed by atoms with Crippen LogP contribution < -0.4 is 0 Å². The molecule has 0 radical (unpaired) electrons. The van der Waals surface area contributed by atoms with Crippen molar-refractivity contribution in [2.24, 2.45) is 0 Å². The molecule has 0 saturated carbocycles. The quantitative estimate of drug-likeness (QED) is 0.735. The summed E-state index contributed by atoms with van der Waals surface area (Å²) >= 11 is 0. The second-order valence-electron chi connectivity index (χ2n) is 4.55. The maximum absolute atomic E-state index is 13.0. The van der Waals surface area contributed by atoms with E-state index >= 15 is 0 Å². The fourth-order valence-corrected chi connectivity index (χ4v) is 1.94. The van der Waals surface area contributed by atoms with Crippen LogP contribution in [0.5, 0.6) is 0 Å². The van der Waals surface area contributed by atoms with Crippen molar-refractivity contribution < 1.29 is 31.5 Å². The molecule has 1 amide bonds. The number of halogens is 5. The van der Waals surface area contributed by atoms with Gasteiger partial charge in [0, 0.05) is 33.3 Å². The second kappa shape index (κ2) is 6.66. The van der Waals surface area contributed by atoms with Gasteiger partial charge in [-0.25, -0.2) is 0 Å². The van der Waals surface area contributed by atoms with E-state index in [1.165, 1.54) is 7.11 Å². The zero-order valence-electron chi connectivity index (χ0n) is 11.1. The van der Waals surface area contributed by atoms with E-state index in [-0.39, 0.29) is 19.6 Å². The minimum atomic E-state index is -5.86. The van der Waals surface area contributed by atoms with Crippen LogP contribution in [-0.4, -0.2) is 74.2 Å². The number of alkyl halides is 5. The molecule has 0 spiro atoms. The number of hydrogen-bond acceptors (Lipinski definition) is 3. The molecule has 0 aromatic rings. The SMILES string of the molecule is COCCN1CCCN(C(=O)C(F)(F)C(F)(F)F)CC1. The van der Waals surface area contributed by atoms with Crippen molar-refractivity contribution in [1.82, 2.24) is 9.80 Å². The van der Waals surface area contributed by atoms with Gasteiger partial charge in [-0.2, -0.15) is 22.0 Å². The average Bonchev–Trinajstić information content (AvgIpc) is 2.59. The van der Waals surface area contributed by atoms with Crippen molar-refractivity contribution in [2.45, 2.75) is 18.5 Å². The van der Waals surface area contributed by atoms with Crippen LogP contribution in [-0.2, 0) is 9.53 Å². The lowest BCUT2D eigenvalue weighted by Crippen LogP contribution is -2.52. The maximum Gasteiger partial charge on any atom is 0.463 e. The van der Waals surface area contributed by atoms with Gasteiger partial charge in [0.2, 0.25) is 0 Å². The minimum Gasteiger partial charge on any atom is -0.383 e. The third kappa shape index (κ3) is 4.02. The predicted molar refractivity (Wildman–Crippen MR) is 60.5 cm³/mol. The number of rotatable bonds is 4. The summed E-state index contributed by atoms with van der Waals surface area (Å²) in [4.78, 5) is 13.8. The number of methoxy groups -OCH3 is 1. The molecule has 0 atom stereocenters. The molecule has 1 aliphatic heterocycles. The van der Waals surface area contributed by atoms with Gasteiger partial charge in [0.15, 0.2) is 0 Å². The first-order valence-corrected chi connectivity index (χ1v) is 6.15. The molecule has 9 heteroatoms. The van der Waals surface area contributed by atoms with Crippen LogP contribution in [0.3, 0.4) is 0 Å². The van der Waals surface area contributed by atoms with Crippen molar-refractivity contribution in [3.8, 4) is 0 Å². The topological polar surface area (TPSA) is 32.8 Å². The van der Waals surface area contributed by atoms with Crippen LogP contribution in [0.15, 0.2) is 0 Å². The average molecular weight is 304 g/mol. The fourth-order valence-electron chi connectivity index (χ4n) is 1.94. The fraction of sp³-hybridized carbons (Fsp3) is 0.909. The van der Waals surface area contributed by atoms with Gasteiger partial charge in [0.25, 0.3) is 0 Å². The Morgan fingerprint density at radius 3 is 2.30 bits per heavy atom. The minimum absolute atomic E-state index is 0.103. The summed E-state index contributed by atoms with van der Waals surface area (Å²) in [5.74, 6) is -7.49. The highest BCUT2D eigenvalue weighted by Crippen LogP contribution is 2.37. The summed E-state index contributed by atoms with van der Waals surface area (Å²) in [6.45, 7) is 1.52. The van der Waals surface area contributed by atoms with Crippen LogP contribution in [0.25, 0.3) is 0 Å². The molecule has 20 heavy (non-hydrogen) atoms. The molecular weight excluding hydrogens is 287 g/mol. The summed E-state index contributed by atoms with van der Waals surface area (Å²) in [5.41, 5.74) is 0. The Kier molecular flexibility index (Phi) is 5.69. The van der Waals surface area contributed by atoms with Crippen LogP contribution >= 0.6 is 0 Å². The molecule has 0 bridgehead atoms. The van der Waals surface area contributed by atoms with Gasteiger partial charge >= 0.3 is 18.0 Å². The van der Waals surface area contributed by atoms with E-state index in [0.717, 1.165) is 0 Å². The highest BCUT2D eigenvalue weighted by atomic mass is 19.4. The smallest absolute Gasteiger partial charge is 0.383 e. The number of hydrogen-bond donors (Lipinski definition) is 0. The van der Waals surface area contributed by atoms with E-state index < -0.39 is 18.0 Å².